The number of nitrogens with two attached hydrogens (primary N) is 1. The van der Waals surface area contributed by atoms with Crippen LogP contribution in [0.4, 0.5) is 0 Å². The average Bonchev–Trinajstić information content (AvgIpc) is 3.19. The summed E-state index contributed by atoms with van der Waals surface area (Å²) in [5, 5.41) is 10.2. The van der Waals surface area contributed by atoms with Gasteiger partial charge in [0.05, 0.1) is 13.1 Å². The van der Waals surface area contributed by atoms with Gasteiger partial charge < -0.3 is 15.7 Å². The van der Waals surface area contributed by atoms with Gasteiger partial charge in [0.15, 0.2) is 0 Å². The van der Waals surface area contributed by atoms with Crippen molar-refractivity contribution in [2.75, 3.05) is 13.1 Å². The van der Waals surface area contributed by atoms with Gasteiger partial charge in [0.1, 0.15) is 5.60 Å². The fourth-order valence-corrected chi connectivity index (χ4v) is 2.60. The van der Waals surface area contributed by atoms with Crippen molar-refractivity contribution in [2.45, 2.75) is 25.0 Å². The van der Waals surface area contributed by atoms with Crippen molar-refractivity contribution in [1.82, 2.24) is 4.90 Å². The van der Waals surface area contributed by atoms with Gasteiger partial charge in [-0.3, -0.25) is 4.79 Å². The molecule has 0 unspecified atom stereocenters. The monoisotopic (exact) mass is 246 g/mol. The van der Waals surface area contributed by atoms with Crippen LogP contribution in [0.2, 0.25) is 0 Å². The van der Waals surface area contributed by atoms with E-state index in [1.165, 1.54) is 0 Å². The fourth-order valence-electron chi connectivity index (χ4n) is 2.60. The van der Waals surface area contributed by atoms with Crippen LogP contribution in [0.25, 0.3) is 0 Å². The molecule has 3 N–H and O–H groups in total. The number of carbonyl (C=O) groups excluding carboxylic acids is 1. The van der Waals surface area contributed by atoms with Gasteiger partial charge in [0.2, 0.25) is 0 Å². The third-order valence-corrected chi connectivity index (χ3v) is 3.99. The van der Waals surface area contributed by atoms with Crippen molar-refractivity contribution in [2.24, 2.45) is 11.7 Å². The van der Waals surface area contributed by atoms with E-state index >= 15 is 0 Å². The minimum atomic E-state index is -0.604. The minimum Gasteiger partial charge on any atom is -0.386 e. The number of hydrogen-bond donors (Lipinski definition) is 2. The highest BCUT2D eigenvalue weighted by Gasteiger charge is 2.53. The van der Waals surface area contributed by atoms with Gasteiger partial charge in [-0.05, 0) is 36.5 Å². The quantitative estimate of drug-likeness (QED) is 0.826. The molecule has 0 aromatic heterocycles. The number of likely N-dealkylation sites (tertiary alicyclic amines) is 1. The summed E-state index contributed by atoms with van der Waals surface area (Å²) in [6, 6.07) is 7.36. The van der Waals surface area contributed by atoms with E-state index in [0.29, 0.717) is 31.1 Å². The minimum absolute atomic E-state index is 0.00361. The molecule has 18 heavy (non-hydrogen) atoms. The number of nitrogens with zero attached hydrogens (tertiary/aromatic N) is 1. The van der Waals surface area contributed by atoms with Crippen molar-refractivity contribution in [1.29, 1.82) is 0 Å². The van der Waals surface area contributed by atoms with Gasteiger partial charge in [0.25, 0.3) is 5.91 Å². The van der Waals surface area contributed by atoms with Crippen molar-refractivity contribution in [3.8, 4) is 0 Å². The van der Waals surface area contributed by atoms with Crippen molar-refractivity contribution < 1.29 is 9.90 Å². The standard InChI is InChI=1S/C14H18N2O2/c15-7-10-1-3-11(4-2-10)13(17)16-8-14(18,9-16)12-5-6-12/h1-4,12,18H,5-9,15H2. The maximum atomic E-state index is 12.1. The van der Waals surface area contributed by atoms with E-state index in [2.05, 4.69) is 0 Å². The Morgan fingerprint density at radius 3 is 2.44 bits per heavy atom. The summed E-state index contributed by atoms with van der Waals surface area (Å²) in [4.78, 5) is 13.9. The Balaban J connectivity index is 1.64. The Kier molecular flexibility index (Phi) is 2.64. The zero-order valence-electron chi connectivity index (χ0n) is 10.3. The lowest BCUT2D eigenvalue weighted by molar-refractivity contribution is -0.0958. The van der Waals surface area contributed by atoms with E-state index < -0.39 is 5.60 Å². The third-order valence-electron chi connectivity index (χ3n) is 3.99. The summed E-state index contributed by atoms with van der Waals surface area (Å²) in [6.45, 7) is 1.45. The van der Waals surface area contributed by atoms with E-state index in [4.69, 9.17) is 5.73 Å². The molecule has 4 heteroatoms. The molecule has 1 aliphatic carbocycles. The van der Waals surface area contributed by atoms with Crippen LogP contribution >= 0.6 is 0 Å². The van der Waals surface area contributed by atoms with E-state index in [-0.39, 0.29) is 5.91 Å². The SMILES string of the molecule is NCc1ccc(C(=O)N2CC(O)(C3CC3)C2)cc1. The molecule has 3 rings (SSSR count). The number of aliphatic hydroxyl groups is 1. The summed E-state index contributed by atoms with van der Waals surface area (Å²) in [5.74, 6) is 0.421. The second-order valence-electron chi connectivity index (χ2n) is 5.44. The Hall–Kier alpha value is -1.39. The molecule has 1 aromatic rings. The number of rotatable bonds is 3. The van der Waals surface area contributed by atoms with Crippen LogP contribution in [0, 0.1) is 5.92 Å². The van der Waals surface area contributed by atoms with Crippen LogP contribution in [-0.2, 0) is 6.54 Å². The highest BCUT2D eigenvalue weighted by Crippen LogP contribution is 2.44. The molecule has 0 bridgehead atoms. The third kappa shape index (κ3) is 1.91. The van der Waals surface area contributed by atoms with Gasteiger partial charge in [-0.2, -0.15) is 0 Å². The lowest BCUT2D eigenvalue weighted by Crippen LogP contribution is -2.64. The molecule has 1 saturated carbocycles. The Bertz CT molecular complexity index is 459. The summed E-state index contributed by atoms with van der Waals surface area (Å²) in [7, 11) is 0. The Morgan fingerprint density at radius 2 is 1.94 bits per heavy atom. The van der Waals surface area contributed by atoms with Gasteiger partial charge in [-0.15, -0.1) is 0 Å². The molecule has 1 aromatic carbocycles. The van der Waals surface area contributed by atoms with Gasteiger partial charge >= 0.3 is 0 Å². The molecule has 2 fully saturated rings. The Labute approximate surface area is 106 Å². The molecule has 1 heterocycles. The lowest BCUT2D eigenvalue weighted by Gasteiger charge is -2.47. The summed E-state index contributed by atoms with van der Waals surface area (Å²) < 4.78 is 0. The largest absolute Gasteiger partial charge is 0.386 e. The molecule has 1 aliphatic heterocycles. The van der Waals surface area contributed by atoms with Crippen molar-refractivity contribution in [3.63, 3.8) is 0 Å². The van der Waals surface area contributed by atoms with Crippen LogP contribution in [0.3, 0.4) is 0 Å². The molecule has 0 atom stereocenters. The molecular formula is C14H18N2O2. The van der Waals surface area contributed by atoms with E-state index in [1.807, 2.05) is 12.1 Å². The predicted molar refractivity (Wildman–Crippen MR) is 67.9 cm³/mol. The molecule has 96 valence electrons. The van der Waals surface area contributed by atoms with E-state index in [1.54, 1.807) is 17.0 Å². The molecule has 0 spiro atoms. The first-order chi connectivity index (χ1) is 8.62. The van der Waals surface area contributed by atoms with Crippen LogP contribution in [0.5, 0.6) is 0 Å². The topological polar surface area (TPSA) is 66.6 Å². The summed E-state index contributed by atoms with van der Waals surface area (Å²) in [5.41, 5.74) is 6.61. The molecule has 1 amide bonds. The highest BCUT2D eigenvalue weighted by atomic mass is 16.3. The number of carbonyl (C=O) groups is 1. The zero-order chi connectivity index (χ0) is 12.8. The smallest absolute Gasteiger partial charge is 0.254 e. The second kappa shape index (κ2) is 4.07. The Morgan fingerprint density at radius 1 is 1.33 bits per heavy atom. The maximum absolute atomic E-state index is 12.1. The molecule has 2 aliphatic rings. The van der Waals surface area contributed by atoms with Crippen LogP contribution in [-0.4, -0.2) is 34.6 Å². The molecule has 4 nitrogen and oxygen atoms in total. The average molecular weight is 246 g/mol. The first kappa shape index (κ1) is 11.7. The summed E-state index contributed by atoms with van der Waals surface area (Å²) in [6.07, 6.45) is 2.20. The van der Waals surface area contributed by atoms with Crippen LogP contribution < -0.4 is 5.73 Å². The molecule has 1 saturated heterocycles. The van der Waals surface area contributed by atoms with E-state index in [0.717, 1.165) is 18.4 Å². The molecular weight excluding hydrogens is 228 g/mol. The lowest BCUT2D eigenvalue weighted by atomic mass is 9.88. The van der Waals surface area contributed by atoms with Crippen LogP contribution in [0.1, 0.15) is 28.8 Å². The van der Waals surface area contributed by atoms with Crippen molar-refractivity contribution >= 4 is 5.91 Å². The first-order valence-electron chi connectivity index (χ1n) is 6.43. The van der Waals surface area contributed by atoms with Gasteiger partial charge in [0, 0.05) is 12.1 Å². The normalized spacial score (nSPS) is 21.6. The number of hydrogen-bond acceptors (Lipinski definition) is 3. The number of β-amino-alcohol motifs (C(OH)–C–C–N with tert-alkyl or cyclic N) is 1. The van der Waals surface area contributed by atoms with E-state index in [9.17, 15) is 9.90 Å². The summed E-state index contributed by atoms with van der Waals surface area (Å²) >= 11 is 0. The first-order valence-corrected chi connectivity index (χ1v) is 6.43. The van der Waals surface area contributed by atoms with Crippen LogP contribution in [0.15, 0.2) is 24.3 Å². The predicted octanol–water partition coefficient (Wildman–Crippen LogP) is 0.742. The second-order valence-corrected chi connectivity index (χ2v) is 5.44. The zero-order valence-corrected chi connectivity index (χ0v) is 10.3. The fraction of sp³-hybridized carbons (Fsp3) is 0.500. The van der Waals surface area contributed by atoms with Gasteiger partial charge in [-0.1, -0.05) is 12.1 Å². The highest BCUT2D eigenvalue weighted by molar-refractivity contribution is 5.95. The molecule has 0 radical (unpaired) electrons. The number of amides is 1. The van der Waals surface area contributed by atoms with Gasteiger partial charge in [-0.25, -0.2) is 0 Å². The van der Waals surface area contributed by atoms with Crippen molar-refractivity contribution in [3.05, 3.63) is 35.4 Å². The number of benzene rings is 1. The maximum Gasteiger partial charge on any atom is 0.254 e.